The van der Waals surface area contributed by atoms with Crippen molar-refractivity contribution < 1.29 is 4.79 Å². The lowest BCUT2D eigenvalue weighted by Gasteiger charge is -2.15. The molecule has 3 heteroatoms. The highest BCUT2D eigenvalue weighted by Gasteiger charge is 2.11. The van der Waals surface area contributed by atoms with Crippen LogP contribution in [0.3, 0.4) is 0 Å². The number of carbonyl (C=O) groups excluding carboxylic acids is 1. The Morgan fingerprint density at radius 1 is 1.35 bits per heavy atom. The molecule has 17 heavy (non-hydrogen) atoms. The van der Waals surface area contributed by atoms with Gasteiger partial charge in [0.05, 0.1) is 0 Å². The van der Waals surface area contributed by atoms with E-state index in [9.17, 15) is 4.79 Å². The molecule has 0 saturated carbocycles. The van der Waals surface area contributed by atoms with E-state index in [1.807, 2.05) is 12.1 Å². The zero-order valence-corrected chi connectivity index (χ0v) is 10.7. The number of halogens is 1. The number of nitrogens with one attached hydrogen (secondary N) is 1. The molecule has 0 unspecified atom stereocenters. The van der Waals surface area contributed by atoms with Crippen LogP contribution in [-0.4, -0.2) is 5.91 Å². The van der Waals surface area contributed by atoms with E-state index < -0.39 is 0 Å². The molecule has 0 radical (unpaired) electrons. The Labute approximate surface area is 107 Å². The number of allylic oxidation sites excluding steroid dienone is 2. The molecule has 1 amide bonds. The van der Waals surface area contributed by atoms with Crippen molar-refractivity contribution in [2.45, 2.75) is 19.8 Å². The summed E-state index contributed by atoms with van der Waals surface area (Å²) < 4.78 is 0. The minimum Gasteiger partial charge on any atom is -0.326 e. The lowest BCUT2D eigenvalue weighted by molar-refractivity contribution is -0.114. The fourth-order valence-corrected chi connectivity index (χ4v) is 1.91. The van der Waals surface area contributed by atoms with Crippen molar-refractivity contribution in [2.75, 3.05) is 5.32 Å². The first-order chi connectivity index (χ1) is 8.10. The van der Waals surface area contributed by atoms with Crippen molar-refractivity contribution in [2.24, 2.45) is 0 Å². The highest BCUT2D eigenvalue weighted by Crippen LogP contribution is 2.29. The number of anilines is 1. The van der Waals surface area contributed by atoms with Crippen LogP contribution in [-0.2, 0) is 17.6 Å². The topological polar surface area (TPSA) is 29.1 Å². The van der Waals surface area contributed by atoms with Crippen LogP contribution < -0.4 is 5.32 Å². The number of carbonyl (C=O) groups is 1. The second kappa shape index (κ2) is 6.26. The Morgan fingerprint density at radius 3 is 2.53 bits per heavy atom. The molecule has 0 aromatic heterocycles. The van der Waals surface area contributed by atoms with E-state index in [-0.39, 0.29) is 5.91 Å². The highest BCUT2D eigenvalue weighted by atomic mass is 35.5. The summed E-state index contributed by atoms with van der Waals surface area (Å²) in [5.41, 5.74) is 2.69. The quantitative estimate of drug-likeness (QED) is 0.791. The SMILES string of the molecule is C=CCc1ccc(Cl)c(CC=C)c1NC(C)=O. The molecule has 90 valence electrons. The van der Waals surface area contributed by atoms with Crippen LogP contribution in [0.25, 0.3) is 0 Å². The van der Waals surface area contributed by atoms with Crippen molar-refractivity contribution in [1.82, 2.24) is 0 Å². The van der Waals surface area contributed by atoms with Crippen LogP contribution in [0.5, 0.6) is 0 Å². The third-order valence-electron chi connectivity index (χ3n) is 2.36. The van der Waals surface area contributed by atoms with Gasteiger partial charge in [0.25, 0.3) is 0 Å². The van der Waals surface area contributed by atoms with Crippen LogP contribution >= 0.6 is 11.6 Å². The van der Waals surface area contributed by atoms with E-state index in [4.69, 9.17) is 11.6 Å². The molecular weight excluding hydrogens is 234 g/mol. The van der Waals surface area contributed by atoms with Crippen molar-refractivity contribution in [3.8, 4) is 0 Å². The van der Waals surface area contributed by atoms with Gasteiger partial charge in [0.1, 0.15) is 0 Å². The van der Waals surface area contributed by atoms with Gasteiger partial charge in [-0.1, -0.05) is 29.8 Å². The molecule has 0 fully saturated rings. The molecular formula is C14H16ClNO. The fraction of sp³-hybridized carbons (Fsp3) is 0.214. The number of benzene rings is 1. The summed E-state index contributed by atoms with van der Waals surface area (Å²) in [6, 6.07) is 3.74. The van der Waals surface area contributed by atoms with Gasteiger partial charge in [-0.2, -0.15) is 0 Å². The molecule has 1 aromatic carbocycles. The molecule has 1 N–H and O–H groups in total. The molecule has 0 atom stereocenters. The monoisotopic (exact) mass is 249 g/mol. The number of rotatable bonds is 5. The maximum Gasteiger partial charge on any atom is 0.221 e. The summed E-state index contributed by atoms with van der Waals surface area (Å²) in [5.74, 6) is -0.108. The Hall–Kier alpha value is -1.54. The maximum atomic E-state index is 11.2. The number of hydrogen-bond donors (Lipinski definition) is 1. The summed E-state index contributed by atoms with van der Waals surface area (Å²) >= 11 is 6.14. The molecule has 0 bridgehead atoms. The Morgan fingerprint density at radius 2 is 2.00 bits per heavy atom. The summed E-state index contributed by atoms with van der Waals surface area (Å²) in [6.45, 7) is 8.89. The smallest absolute Gasteiger partial charge is 0.221 e. The molecule has 2 nitrogen and oxygen atoms in total. The van der Waals surface area contributed by atoms with E-state index in [0.717, 1.165) is 16.8 Å². The number of hydrogen-bond acceptors (Lipinski definition) is 1. The molecule has 1 aromatic rings. The van der Waals surface area contributed by atoms with Gasteiger partial charge in [-0.15, -0.1) is 13.2 Å². The minimum atomic E-state index is -0.108. The molecule has 0 spiro atoms. The second-order valence-corrected chi connectivity index (χ2v) is 4.13. The zero-order chi connectivity index (χ0) is 12.8. The van der Waals surface area contributed by atoms with Gasteiger partial charge in [-0.25, -0.2) is 0 Å². The first-order valence-electron chi connectivity index (χ1n) is 5.39. The number of amides is 1. The van der Waals surface area contributed by atoms with Crippen molar-refractivity contribution >= 4 is 23.2 Å². The summed E-state index contributed by atoms with van der Waals surface area (Å²) in [6.07, 6.45) is 4.88. The Kier molecular flexibility index (Phi) is 4.98. The Bertz CT molecular complexity index is 452. The predicted molar refractivity (Wildman–Crippen MR) is 73.6 cm³/mol. The van der Waals surface area contributed by atoms with E-state index >= 15 is 0 Å². The molecule has 1 rings (SSSR count). The van der Waals surface area contributed by atoms with Crippen LogP contribution in [0.2, 0.25) is 5.02 Å². The van der Waals surface area contributed by atoms with E-state index in [0.29, 0.717) is 17.9 Å². The van der Waals surface area contributed by atoms with Gasteiger partial charge in [0.2, 0.25) is 5.91 Å². The third kappa shape index (κ3) is 3.46. The standard InChI is InChI=1S/C14H16ClNO/c1-4-6-11-8-9-13(15)12(7-5-2)14(11)16-10(3)17/h4-5,8-9H,1-2,6-7H2,3H3,(H,16,17). The first kappa shape index (κ1) is 13.5. The first-order valence-corrected chi connectivity index (χ1v) is 5.77. The molecule has 0 aliphatic rings. The van der Waals surface area contributed by atoms with Crippen LogP contribution in [0.15, 0.2) is 37.4 Å². The minimum absolute atomic E-state index is 0.108. The largest absolute Gasteiger partial charge is 0.326 e. The average Bonchev–Trinajstić information content (AvgIpc) is 2.27. The van der Waals surface area contributed by atoms with Crippen LogP contribution in [0.4, 0.5) is 5.69 Å². The maximum absolute atomic E-state index is 11.2. The van der Waals surface area contributed by atoms with Crippen molar-refractivity contribution in [3.05, 3.63) is 53.6 Å². The third-order valence-corrected chi connectivity index (χ3v) is 2.71. The summed E-state index contributed by atoms with van der Waals surface area (Å²) in [7, 11) is 0. The van der Waals surface area contributed by atoms with Gasteiger partial charge in [0, 0.05) is 17.6 Å². The zero-order valence-electron chi connectivity index (χ0n) is 9.92. The molecule has 0 aliphatic heterocycles. The van der Waals surface area contributed by atoms with E-state index in [1.54, 1.807) is 12.2 Å². The van der Waals surface area contributed by atoms with Crippen molar-refractivity contribution in [1.29, 1.82) is 0 Å². The van der Waals surface area contributed by atoms with Crippen LogP contribution in [0.1, 0.15) is 18.1 Å². The van der Waals surface area contributed by atoms with Gasteiger partial charge in [-0.3, -0.25) is 4.79 Å². The molecule has 0 saturated heterocycles. The highest BCUT2D eigenvalue weighted by molar-refractivity contribution is 6.32. The lowest BCUT2D eigenvalue weighted by Crippen LogP contribution is -2.11. The second-order valence-electron chi connectivity index (χ2n) is 3.73. The van der Waals surface area contributed by atoms with Crippen LogP contribution in [0, 0.1) is 0 Å². The predicted octanol–water partition coefficient (Wildman–Crippen LogP) is 3.76. The lowest BCUT2D eigenvalue weighted by atomic mass is 10.0. The van der Waals surface area contributed by atoms with Gasteiger partial charge >= 0.3 is 0 Å². The average molecular weight is 250 g/mol. The van der Waals surface area contributed by atoms with E-state index in [2.05, 4.69) is 18.5 Å². The van der Waals surface area contributed by atoms with Gasteiger partial charge in [0.15, 0.2) is 0 Å². The molecule has 0 heterocycles. The summed E-state index contributed by atoms with van der Waals surface area (Å²) in [5, 5.41) is 3.47. The van der Waals surface area contributed by atoms with Gasteiger partial charge < -0.3 is 5.32 Å². The molecule has 0 aliphatic carbocycles. The normalized spacial score (nSPS) is 9.76. The van der Waals surface area contributed by atoms with E-state index in [1.165, 1.54) is 6.92 Å². The van der Waals surface area contributed by atoms with Gasteiger partial charge in [-0.05, 0) is 30.0 Å². The summed E-state index contributed by atoms with van der Waals surface area (Å²) in [4.78, 5) is 11.2. The fourth-order valence-electron chi connectivity index (χ4n) is 1.67. The van der Waals surface area contributed by atoms with Crippen molar-refractivity contribution in [3.63, 3.8) is 0 Å². The Balaban J connectivity index is 3.31.